The van der Waals surface area contributed by atoms with E-state index >= 15 is 0 Å². The van der Waals surface area contributed by atoms with Gasteiger partial charge in [-0.15, -0.1) is 0 Å². The van der Waals surface area contributed by atoms with Crippen molar-refractivity contribution in [2.24, 2.45) is 0 Å². The smallest absolute Gasteiger partial charge is 0.260 e. The molecule has 0 unspecified atom stereocenters. The van der Waals surface area contributed by atoms with E-state index < -0.39 is 0 Å². The van der Waals surface area contributed by atoms with Crippen molar-refractivity contribution in [3.63, 3.8) is 0 Å². The van der Waals surface area contributed by atoms with Crippen LogP contribution in [0, 0.1) is 14.9 Å². The summed E-state index contributed by atoms with van der Waals surface area (Å²) >= 11 is 2.16. The normalized spacial score (nSPS) is 13.8. The average molecular weight is 475 g/mol. The van der Waals surface area contributed by atoms with E-state index in [0.717, 1.165) is 3.57 Å². The molecule has 1 aliphatic heterocycles. The number of carbonyl (C=O) groups is 2. The monoisotopic (exact) mass is 475 g/mol. The Morgan fingerprint density at radius 3 is 2.26 bits per heavy atom. The summed E-state index contributed by atoms with van der Waals surface area (Å²) in [7, 11) is 0. The fourth-order valence-electron chi connectivity index (χ4n) is 2.83. The summed E-state index contributed by atoms with van der Waals surface area (Å²) in [5.41, 5.74) is 1.24. The fraction of sp³-hybridized carbons (Fsp3) is 0.250. The molecule has 0 spiro atoms. The van der Waals surface area contributed by atoms with E-state index in [1.165, 1.54) is 0 Å². The van der Waals surface area contributed by atoms with Crippen LogP contribution in [0.2, 0.25) is 0 Å². The molecule has 0 aliphatic carbocycles. The largest absolute Gasteiger partial charge is 0.484 e. The zero-order valence-electron chi connectivity index (χ0n) is 14.6. The van der Waals surface area contributed by atoms with Crippen molar-refractivity contribution in [1.29, 1.82) is 5.26 Å². The van der Waals surface area contributed by atoms with Crippen LogP contribution in [0.1, 0.15) is 15.9 Å². The van der Waals surface area contributed by atoms with Gasteiger partial charge in [0.15, 0.2) is 6.61 Å². The van der Waals surface area contributed by atoms with E-state index in [1.54, 1.807) is 34.1 Å². The van der Waals surface area contributed by atoms with E-state index in [-0.39, 0.29) is 18.4 Å². The minimum Gasteiger partial charge on any atom is -0.484 e. The van der Waals surface area contributed by atoms with Gasteiger partial charge >= 0.3 is 0 Å². The van der Waals surface area contributed by atoms with Gasteiger partial charge in [-0.2, -0.15) is 5.26 Å². The van der Waals surface area contributed by atoms with Crippen LogP contribution in [0.5, 0.6) is 5.75 Å². The maximum Gasteiger partial charge on any atom is 0.260 e. The predicted octanol–water partition coefficient (Wildman–Crippen LogP) is 2.53. The second-order valence-electron chi connectivity index (χ2n) is 6.08. The van der Waals surface area contributed by atoms with E-state index in [2.05, 4.69) is 22.6 Å². The lowest BCUT2D eigenvalue weighted by molar-refractivity contribution is -0.134. The molecule has 138 valence electrons. The molecule has 0 bridgehead atoms. The molecule has 1 saturated heterocycles. The number of carbonyl (C=O) groups excluding carboxylic acids is 2. The van der Waals surface area contributed by atoms with Gasteiger partial charge in [0.1, 0.15) is 5.75 Å². The Morgan fingerprint density at radius 1 is 1.00 bits per heavy atom. The number of halogens is 1. The van der Waals surface area contributed by atoms with Crippen LogP contribution in [0.15, 0.2) is 48.5 Å². The molecule has 0 N–H and O–H groups in total. The molecule has 3 rings (SSSR count). The average Bonchev–Trinajstić information content (AvgIpc) is 2.72. The molecule has 2 aromatic carbocycles. The number of piperazine rings is 1. The van der Waals surface area contributed by atoms with Gasteiger partial charge in [-0.1, -0.05) is 12.1 Å². The topological polar surface area (TPSA) is 73.6 Å². The first-order valence-electron chi connectivity index (χ1n) is 8.53. The van der Waals surface area contributed by atoms with Crippen LogP contribution in [-0.4, -0.2) is 54.4 Å². The number of hydrogen-bond donors (Lipinski definition) is 0. The third-order valence-electron chi connectivity index (χ3n) is 4.37. The van der Waals surface area contributed by atoms with Gasteiger partial charge < -0.3 is 14.5 Å². The molecule has 2 amide bonds. The first-order valence-corrected chi connectivity index (χ1v) is 9.61. The number of ether oxygens (including phenoxy) is 1. The van der Waals surface area contributed by atoms with Crippen LogP contribution in [0.3, 0.4) is 0 Å². The van der Waals surface area contributed by atoms with Gasteiger partial charge in [-0.25, -0.2) is 0 Å². The lowest BCUT2D eigenvalue weighted by Crippen LogP contribution is -2.51. The van der Waals surface area contributed by atoms with E-state index in [0.29, 0.717) is 43.1 Å². The third kappa shape index (κ3) is 4.77. The van der Waals surface area contributed by atoms with E-state index in [9.17, 15) is 9.59 Å². The van der Waals surface area contributed by atoms with Gasteiger partial charge in [0, 0.05) is 29.7 Å². The predicted molar refractivity (Wildman–Crippen MR) is 108 cm³/mol. The Hall–Kier alpha value is -2.60. The summed E-state index contributed by atoms with van der Waals surface area (Å²) in [6, 6.07) is 16.2. The molecule has 0 radical (unpaired) electrons. The number of rotatable bonds is 4. The maximum atomic E-state index is 12.6. The number of hydrogen-bond acceptors (Lipinski definition) is 4. The van der Waals surface area contributed by atoms with E-state index in [1.807, 2.05) is 30.3 Å². The molecular formula is C20H18IN3O3. The minimum absolute atomic E-state index is 0.000863. The van der Waals surface area contributed by atoms with Crippen molar-refractivity contribution in [3.8, 4) is 11.8 Å². The molecule has 0 atom stereocenters. The summed E-state index contributed by atoms with van der Waals surface area (Å²) in [5, 5.41) is 8.79. The van der Waals surface area contributed by atoms with Crippen molar-refractivity contribution < 1.29 is 14.3 Å². The first-order chi connectivity index (χ1) is 13.1. The highest BCUT2D eigenvalue weighted by atomic mass is 127. The van der Waals surface area contributed by atoms with Crippen molar-refractivity contribution in [2.75, 3.05) is 32.8 Å². The molecule has 27 heavy (non-hydrogen) atoms. The number of amides is 2. The lowest BCUT2D eigenvalue weighted by Gasteiger charge is -2.34. The van der Waals surface area contributed by atoms with Gasteiger partial charge in [0.2, 0.25) is 0 Å². The van der Waals surface area contributed by atoms with Gasteiger partial charge in [-0.05, 0) is 59.0 Å². The van der Waals surface area contributed by atoms with E-state index in [4.69, 9.17) is 10.00 Å². The Kier molecular flexibility index (Phi) is 6.29. The number of nitrogens with zero attached hydrogens (tertiary/aromatic N) is 3. The van der Waals surface area contributed by atoms with Gasteiger partial charge in [-0.3, -0.25) is 9.59 Å². The number of benzene rings is 2. The first kappa shape index (κ1) is 19.2. The molecular weight excluding hydrogens is 457 g/mol. The summed E-state index contributed by atoms with van der Waals surface area (Å²) in [4.78, 5) is 28.5. The molecule has 2 aromatic rings. The van der Waals surface area contributed by atoms with Crippen LogP contribution >= 0.6 is 22.6 Å². The number of nitriles is 1. The second kappa shape index (κ2) is 8.86. The van der Waals surface area contributed by atoms with Crippen molar-refractivity contribution in [3.05, 3.63) is 63.2 Å². The Labute approximate surface area is 171 Å². The van der Waals surface area contributed by atoms with Crippen LogP contribution in [0.25, 0.3) is 0 Å². The molecule has 7 heteroatoms. The van der Waals surface area contributed by atoms with Crippen LogP contribution in [-0.2, 0) is 4.79 Å². The molecule has 0 saturated carbocycles. The summed E-state index contributed by atoms with van der Waals surface area (Å²) in [5.74, 6) is 0.441. The maximum absolute atomic E-state index is 12.6. The summed E-state index contributed by atoms with van der Waals surface area (Å²) in [6.45, 7) is 1.94. The minimum atomic E-state index is -0.110. The molecule has 6 nitrogen and oxygen atoms in total. The fourth-order valence-corrected chi connectivity index (χ4v) is 3.44. The standard InChI is InChI=1S/C20H18IN3O3/c21-18-4-2-1-3-17(18)20(26)24-11-9-23(10-12-24)19(25)14-27-16-7-5-15(13-22)6-8-16/h1-8H,9-12,14H2. The van der Waals surface area contributed by atoms with Crippen molar-refractivity contribution in [1.82, 2.24) is 9.80 Å². The zero-order chi connectivity index (χ0) is 19.2. The molecule has 0 aromatic heterocycles. The quantitative estimate of drug-likeness (QED) is 0.638. The Balaban J connectivity index is 1.49. The highest BCUT2D eigenvalue weighted by molar-refractivity contribution is 14.1. The van der Waals surface area contributed by atoms with Crippen LogP contribution < -0.4 is 4.74 Å². The van der Waals surface area contributed by atoms with Crippen molar-refractivity contribution in [2.45, 2.75) is 0 Å². The zero-order valence-corrected chi connectivity index (χ0v) is 16.8. The summed E-state index contributed by atoms with van der Waals surface area (Å²) < 4.78 is 6.42. The molecule has 1 heterocycles. The highest BCUT2D eigenvalue weighted by Gasteiger charge is 2.25. The van der Waals surface area contributed by atoms with Crippen LogP contribution in [0.4, 0.5) is 0 Å². The SMILES string of the molecule is N#Cc1ccc(OCC(=O)N2CCN(C(=O)c3ccccc3I)CC2)cc1. The Morgan fingerprint density at radius 2 is 1.63 bits per heavy atom. The summed E-state index contributed by atoms with van der Waals surface area (Å²) in [6.07, 6.45) is 0. The second-order valence-corrected chi connectivity index (χ2v) is 7.24. The highest BCUT2D eigenvalue weighted by Crippen LogP contribution is 2.16. The molecule has 1 aliphatic rings. The third-order valence-corrected chi connectivity index (χ3v) is 5.31. The Bertz CT molecular complexity index is 869. The van der Waals surface area contributed by atoms with Gasteiger partial charge in [0.25, 0.3) is 11.8 Å². The van der Waals surface area contributed by atoms with Gasteiger partial charge in [0.05, 0.1) is 17.2 Å². The lowest BCUT2D eigenvalue weighted by atomic mass is 10.2. The van der Waals surface area contributed by atoms with Crippen molar-refractivity contribution >= 4 is 34.4 Å². The molecule has 1 fully saturated rings.